The monoisotopic (exact) mass is 166 g/mol. The molecule has 1 N–H and O–H groups in total. The summed E-state index contributed by atoms with van der Waals surface area (Å²) in [6.45, 7) is 1.56. The SMILES string of the molecule is O=C1C=CC2=C([CH]NS2)C1=O. The summed E-state index contributed by atoms with van der Waals surface area (Å²) < 4.78 is 2.81. The zero-order valence-corrected chi connectivity index (χ0v) is 6.27. The minimum Gasteiger partial charge on any atom is -0.286 e. The van der Waals surface area contributed by atoms with E-state index < -0.39 is 11.6 Å². The van der Waals surface area contributed by atoms with Crippen molar-refractivity contribution in [3.63, 3.8) is 0 Å². The zero-order chi connectivity index (χ0) is 7.84. The molecule has 55 valence electrons. The largest absolute Gasteiger partial charge is 0.286 e. The predicted octanol–water partition coefficient (Wildman–Crippen LogP) is 0.362. The number of carbonyl (C=O) groups is 2. The van der Waals surface area contributed by atoms with Gasteiger partial charge in [0, 0.05) is 10.5 Å². The summed E-state index contributed by atoms with van der Waals surface area (Å²) in [6, 6.07) is 0. The van der Waals surface area contributed by atoms with Gasteiger partial charge >= 0.3 is 0 Å². The Labute approximate surface area is 67.7 Å². The van der Waals surface area contributed by atoms with Crippen molar-refractivity contribution in [3.05, 3.63) is 29.2 Å². The molecule has 0 saturated carbocycles. The highest BCUT2D eigenvalue weighted by Gasteiger charge is 2.27. The van der Waals surface area contributed by atoms with E-state index in [0.717, 1.165) is 4.91 Å². The minimum absolute atomic E-state index is 0.417. The molecule has 0 amide bonds. The quantitative estimate of drug-likeness (QED) is 0.320. The van der Waals surface area contributed by atoms with E-state index in [1.807, 2.05) is 0 Å². The van der Waals surface area contributed by atoms with E-state index in [1.54, 1.807) is 12.6 Å². The Morgan fingerprint density at radius 1 is 1.27 bits per heavy atom. The number of hydrogen-bond donors (Lipinski definition) is 1. The molecule has 0 unspecified atom stereocenters. The second-order valence-electron chi connectivity index (χ2n) is 2.17. The summed E-state index contributed by atoms with van der Waals surface area (Å²) in [7, 11) is 0. The van der Waals surface area contributed by atoms with Gasteiger partial charge in [0.15, 0.2) is 0 Å². The highest BCUT2D eigenvalue weighted by Crippen LogP contribution is 2.30. The van der Waals surface area contributed by atoms with Crippen molar-refractivity contribution in [3.8, 4) is 0 Å². The summed E-state index contributed by atoms with van der Waals surface area (Å²) in [4.78, 5) is 22.7. The van der Waals surface area contributed by atoms with Crippen LogP contribution in [0.25, 0.3) is 0 Å². The van der Waals surface area contributed by atoms with E-state index in [4.69, 9.17) is 0 Å². The minimum atomic E-state index is -0.440. The van der Waals surface area contributed by atoms with Crippen LogP contribution in [-0.2, 0) is 9.59 Å². The van der Waals surface area contributed by atoms with Crippen LogP contribution < -0.4 is 4.72 Å². The van der Waals surface area contributed by atoms with Crippen LogP contribution in [-0.4, -0.2) is 11.6 Å². The average molecular weight is 166 g/mol. The highest BCUT2D eigenvalue weighted by molar-refractivity contribution is 8.01. The predicted molar refractivity (Wildman–Crippen MR) is 41.2 cm³/mol. The molecular formula is C7H4NO2S. The van der Waals surface area contributed by atoms with Gasteiger partial charge < -0.3 is 0 Å². The van der Waals surface area contributed by atoms with E-state index in [9.17, 15) is 9.59 Å². The number of Topliss-reactive ketones (excluding diaryl/α,β-unsaturated/α-hetero) is 1. The fourth-order valence-corrected chi connectivity index (χ4v) is 1.64. The molecule has 3 nitrogen and oxygen atoms in total. The summed E-state index contributed by atoms with van der Waals surface area (Å²) in [5.74, 6) is -0.857. The van der Waals surface area contributed by atoms with Gasteiger partial charge in [-0.25, -0.2) is 0 Å². The first-order valence-electron chi connectivity index (χ1n) is 3.05. The van der Waals surface area contributed by atoms with E-state index in [-0.39, 0.29) is 0 Å². The molecule has 1 heterocycles. The van der Waals surface area contributed by atoms with Crippen LogP contribution in [0.2, 0.25) is 0 Å². The summed E-state index contributed by atoms with van der Waals surface area (Å²) in [5.41, 5.74) is 0.488. The van der Waals surface area contributed by atoms with Gasteiger partial charge in [-0.2, -0.15) is 0 Å². The molecule has 0 fully saturated rings. The first kappa shape index (κ1) is 6.82. The number of hydrogen-bond acceptors (Lipinski definition) is 4. The molecule has 4 heteroatoms. The maximum absolute atomic E-state index is 11.1. The lowest BCUT2D eigenvalue weighted by Crippen LogP contribution is -2.17. The second-order valence-corrected chi connectivity index (χ2v) is 3.05. The molecular weight excluding hydrogens is 162 g/mol. The van der Waals surface area contributed by atoms with E-state index in [0.29, 0.717) is 5.57 Å². The molecule has 0 saturated heterocycles. The number of allylic oxidation sites excluding steroid dienone is 2. The zero-order valence-electron chi connectivity index (χ0n) is 5.46. The fourth-order valence-electron chi connectivity index (χ4n) is 0.939. The Balaban J connectivity index is 2.45. The lowest BCUT2D eigenvalue weighted by molar-refractivity contribution is -0.131. The Morgan fingerprint density at radius 2 is 2.09 bits per heavy atom. The Kier molecular flexibility index (Phi) is 1.44. The molecule has 11 heavy (non-hydrogen) atoms. The molecule has 0 aromatic rings. The van der Waals surface area contributed by atoms with Crippen molar-refractivity contribution in [2.45, 2.75) is 0 Å². The van der Waals surface area contributed by atoms with Gasteiger partial charge in [-0.15, -0.1) is 0 Å². The Bertz CT molecular complexity index is 304. The third-order valence-electron chi connectivity index (χ3n) is 1.49. The van der Waals surface area contributed by atoms with Crippen molar-refractivity contribution in [2.24, 2.45) is 0 Å². The van der Waals surface area contributed by atoms with Crippen molar-refractivity contribution in [1.29, 1.82) is 0 Å². The number of carbonyl (C=O) groups excluding carboxylic acids is 2. The molecule has 0 aromatic heterocycles. The normalized spacial score (nSPS) is 22.9. The highest BCUT2D eigenvalue weighted by atomic mass is 32.2. The van der Waals surface area contributed by atoms with Gasteiger partial charge in [-0.05, 0) is 24.1 Å². The van der Waals surface area contributed by atoms with Gasteiger partial charge in [-0.1, -0.05) is 0 Å². The van der Waals surface area contributed by atoms with Crippen molar-refractivity contribution < 1.29 is 9.59 Å². The lowest BCUT2D eigenvalue weighted by atomic mass is 10.0. The first-order valence-corrected chi connectivity index (χ1v) is 3.87. The van der Waals surface area contributed by atoms with Gasteiger partial charge in [-0.3, -0.25) is 14.3 Å². The second kappa shape index (κ2) is 2.32. The summed E-state index contributed by atoms with van der Waals surface area (Å²) in [5, 5.41) is 0. The molecule has 2 aliphatic rings. The first-order chi connectivity index (χ1) is 5.29. The topological polar surface area (TPSA) is 46.2 Å². The van der Waals surface area contributed by atoms with Crippen LogP contribution in [0.3, 0.4) is 0 Å². The Morgan fingerprint density at radius 3 is 2.91 bits per heavy atom. The molecule has 0 bridgehead atoms. The third kappa shape index (κ3) is 0.948. The molecule has 2 rings (SSSR count). The van der Waals surface area contributed by atoms with Gasteiger partial charge in [0.2, 0.25) is 11.6 Å². The van der Waals surface area contributed by atoms with Crippen LogP contribution in [0.1, 0.15) is 0 Å². The van der Waals surface area contributed by atoms with Crippen LogP contribution in [0, 0.1) is 6.54 Å². The molecule has 1 radical (unpaired) electrons. The van der Waals surface area contributed by atoms with Gasteiger partial charge in [0.05, 0.1) is 6.54 Å². The third-order valence-corrected chi connectivity index (χ3v) is 2.30. The van der Waals surface area contributed by atoms with E-state index >= 15 is 0 Å². The molecule has 0 atom stereocenters. The number of nitrogens with one attached hydrogen (secondary N) is 1. The number of rotatable bonds is 0. The smallest absolute Gasteiger partial charge is 0.231 e. The standard InChI is InChI=1S/C7H4NO2S/c9-5-1-2-6-4(7(5)10)3-8-11-6/h1-3,8H. The van der Waals surface area contributed by atoms with Crippen LogP contribution in [0.4, 0.5) is 0 Å². The van der Waals surface area contributed by atoms with Crippen LogP contribution in [0.15, 0.2) is 22.6 Å². The van der Waals surface area contributed by atoms with Crippen molar-refractivity contribution >= 4 is 23.5 Å². The molecule has 1 aliphatic heterocycles. The average Bonchev–Trinajstić information content (AvgIpc) is 2.45. The van der Waals surface area contributed by atoms with Crippen LogP contribution in [0.5, 0.6) is 0 Å². The maximum Gasteiger partial charge on any atom is 0.231 e. The summed E-state index contributed by atoms with van der Waals surface area (Å²) in [6.07, 6.45) is 2.95. The van der Waals surface area contributed by atoms with E-state index in [2.05, 4.69) is 4.72 Å². The van der Waals surface area contributed by atoms with E-state index in [1.165, 1.54) is 18.0 Å². The van der Waals surface area contributed by atoms with Crippen LogP contribution >= 0.6 is 11.9 Å². The van der Waals surface area contributed by atoms with Gasteiger partial charge in [0.1, 0.15) is 0 Å². The Hall–Kier alpha value is -0.870. The van der Waals surface area contributed by atoms with Crippen molar-refractivity contribution in [2.75, 3.05) is 0 Å². The van der Waals surface area contributed by atoms with Gasteiger partial charge in [0.25, 0.3) is 0 Å². The fraction of sp³-hybridized carbons (Fsp3) is 0. The van der Waals surface area contributed by atoms with Crippen molar-refractivity contribution in [1.82, 2.24) is 4.72 Å². The molecule has 0 aromatic carbocycles. The maximum atomic E-state index is 11.1. The molecule has 1 aliphatic carbocycles. The molecule has 0 spiro atoms. The lowest BCUT2D eigenvalue weighted by Gasteiger charge is -2.01. The summed E-state index contributed by atoms with van der Waals surface area (Å²) >= 11 is 1.35. The number of ketones is 2.